The zero-order chi connectivity index (χ0) is 12.3. The van der Waals surface area contributed by atoms with Crippen LogP contribution in [-0.2, 0) is 4.79 Å². The van der Waals surface area contributed by atoms with E-state index in [1.807, 2.05) is 31.4 Å². The summed E-state index contributed by atoms with van der Waals surface area (Å²) in [6.45, 7) is 1.90. The second kappa shape index (κ2) is 5.45. The number of carbonyl (C=O) groups excluding carboxylic acids is 1. The number of hydrogen-bond donors (Lipinski definition) is 2. The van der Waals surface area contributed by atoms with Crippen LogP contribution < -0.4 is 10.6 Å². The molecule has 1 aliphatic carbocycles. The molecule has 1 unspecified atom stereocenters. The maximum Gasteiger partial charge on any atom is 0.242 e. The molecule has 1 fully saturated rings. The van der Waals surface area contributed by atoms with Gasteiger partial charge in [-0.1, -0.05) is 12.1 Å². The molecule has 1 atom stereocenters. The van der Waals surface area contributed by atoms with E-state index in [1.54, 1.807) is 11.8 Å². The second-order valence-corrected chi connectivity index (χ2v) is 5.20. The number of para-hydroxylation sites is 1. The lowest BCUT2D eigenvalue weighted by Crippen LogP contribution is -2.38. The van der Waals surface area contributed by atoms with Gasteiger partial charge in [-0.3, -0.25) is 4.79 Å². The minimum Gasteiger partial charge on any atom is -0.373 e. The molecule has 4 heteroatoms. The van der Waals surface area contributed by atoms with E-state index in [2.05, 4.69) is 16.7 Å². The first-order chi connectivity index (χ1) is 8.20. The van der Waals surface area contributed by atoms with Crippen molar-refractivity contribution in [1.82, 2.24) is 5.32 Å². The van der Waals surface area contributed by atoms with Crippen LogP contribution in [0.1, 0.15) is 19.8 Å². The van der Waals surface area contributed by atoms with Crippen LogP contribution in [0.25, 0.3) is 0 Å². The summed E-state index contributed by atoms with van der Waals surface area (Å²) in [7, 11) is 0. The fourth-order valence-electron chi connectivity index (χ4n) is 1.62. The topological polar surface area (TPSA) is 41.1 Å². The molecule has 2 N–H and O–H groups in total. The van der Waals surface area contributed by atoms with Gasteiger partial charge in [0.05, 0.1) is 0 Å². The second-order valence-electron chi connectivity index (χ2n) is 4.35. The van der Waals surface area contributed by atoms with Gasteiger partial charge in [0, 0.05) is 16.6 Å². The van der Waals surface area contributed by atoms with Gasteiger partial charge in [-0.05, 0) is 38.2 Å². The fourth-order valence-corrected chi connectivity index (χ4v) is 2.18. The first-order valence-corrected chi connectivity index (χ1v) is 7.13. The third kappa shape index (κ3) is 3.40. The molecule has 0 radical (unpaired) electrons. The number of thioether (sulfide) groups is 1. The van der Waals surface area contributed by atoms with Crippen molar-refractivity contribution in [2.45, 2.75) is 36.7 Å². The third-order valence-electron chi connectivity index (χ3n) is 2.80. The van der Waals surface area contributed by atoms with Crippen molar-refractivity contribution >= 4 is 23.4 Å². The van der Waals surface area contributed by atoms with E-state index in [1.165, 1.54) is 4.90 Å². The summed E-state index contributed by atoms with van der Waals surface area (Å²) in [5, 5.41) is 6.26. The molecule has 3 nitrogen and oxygen atoms in total. The Hall–Kier alpha value is -1.16. The Balaban J connectivity index is 1.96. The fraction of sp³-hybridized carbons (Fsp3) is 0.462. The predicted molar refractivity (Wildman–Crippen MR) is 72.5 cm³/mol. The molecule has 2 rings (SSSR count). The minimum absolute atomic E-state index is 0.0865. The Kier molecular flexibility index (Phi) is 3.94. The molecule has 0 saturated heterocycles. The molecular weight excluding hydrogens is 232 g/mol. The molecule has 1 aromatic carbocycles. The van der Waals surface area contributed by atoms with Crippen molar-refractivity contribution in [1.29, 1.82) is 0 Å². The number of benzene rings is 1. The van der Waals surface area contributed by atoms with Crippen LogP contribution in [-0.4, -0.2) is 24.2 Å². The quantitative estimate of drug-likeness (QED) is 0.789. The van der Waals surface area contributed by atoms with Crippen molar-refractivity contribution in [3.05, 3.63) is 24.3 Å². The summed E-state index contributed by atoms with van der Waals surface area (Å²) >= 11 is 1.68. The van der Waals surface area contributed by atoms with Crippen LogP contribution in [0.3, 0.4) is 0 Å². The van der Waals surface area contributed by atoms with Crippen molar-refractivity contribution in [2.75, 3.05) is 11.6 Å². The molecule has 1 amide bonds. The average molecular weight is 250 g/mol. The van der Waals surface area contributed by atoms with E-state index in [0.29, 0.717) is 6.04 Å². The number of rotatable bonds is 5. The Morgan fingerprint density at radius 3 is 2.76 bits per heavy atom. The normalized spacial score (nSPS) is 16.4. The molecule has 1 aromatic rings. The summed E-state index contributed by atoms with van der Waals surface area (Å²) in [6, 6.07) is 8.27. The van der Waals surface area contributed by atoms with E-state index in [0.717, 1.165) is 18.5 Å². The van der Waals surface area contributed by atoms with Crippen molar-refractivity contribution in [2.24, 2.45) is 0 Å². The van der Waals surface area contributed by atoms with Gasteiger partial charge in [0.2, 0.25) is 5.91 Å². The highest BCUT2D eigenvalue weighted by atomic mass is 32.2. The SMILES string of the molecule is CSc1ccccc1NC(C)C(=O)NC1CC1. The van der Waals surface area contributed by atoms with Crippen LogP contribution in [0.2, 0.25) is 0 Å². The molecule has 1 aliphatic rings. The summed E-state index contributed by atoms with van der Waals surface area (Å²) in [5.74, 6) is 0.0865. The maximum atomic E-state index is 11.8. The first-order valence-electron chi connectivity index (χ1n) is 5.90. The van der Waals surface area contributed by atoms with Gasteiger partial charge in [0.25, 0.3) is 0 Å². The molecule has 17 heavy (non-hydrogen) atoms. The van der Waals surface area contributed by atoms with Crippen LogP contribution in [0.15, 0.2) is 29.2 Å². The molecule has 0 heterocycles. The van der Waals surface area contributed by atoms with Gasteiger partial charge in [0.15, 0.2) is 0 Å². The smallest absolute Gasteiger partial charge is 0.242 e. The zero-order valence-corrected chi connectivity index (χ0v) is 11.0. The highest BCUT2D eigenvalue weighted by Crippen LogP contribution is 2.25. The van der Waals surface area contributed by atoms with Crippen molar-refractivity contribution in [3.63, 3.8) is 0 Å². The minimum atomic E-state index is -0.191. The van der Waals surface area contributed by atoms with E-state index >= 15 is 0 Å². The lowest BCUT2D eigenvalue weighted by molar-refractivity contribution is -0.121. The number of amides is 1. The Labute approximate surface area is 106 Å². The maximum absolute atomic E-state index is 11.8. The average Bonchev–Trinajstić information content (AvgIpc) is 3.13. The van der Waals surface area contributed by atoms with E-state index in [4.69, 9.17) is 0 Å². The lowest BCUT2D eigenvalue weighted by atomic mass is 10.2. The third-order valence-corrected chi connectivity index (χ3v) is 3.59. The molecule has 1 saturated carbocycles. The summed E-state index contributed by atoms with van der Waals surface area (Å²) in [4.78, 5) is 13.0. The first kappa shape index (κ1) is 12.3. The highest BCUT2D eigenvalue weighted by molar-refractivity contribution is 7.98. The van der Waals surface area contributed by atoms with Crippen molar-refractivity contribution < 1.29 is 4.79 Å². The zero-order valence-electron chi connectivity index (χ0n) is 10.2. The van der Waals surface area contributed by atoms with Gasteiger partial charge in [-0.25, -0.2) is 0 Å². The van der Waals surface area contributed by atoms with E-state index in [-0.39, 0.29) is 11.9 Å². The molecule has 92 valence electrons. The largest absolute Gasteiger partial charge is 0.373 e. The summed E-state index contributed by atoms with van der Waals surface area (Å²) < 4.78 is 0. The van der Waals surface area contributed by atoms with Crippen molar-refractivity contribution in [3.8, 4) is 0 Å². The standard InChI is InChI=1S/C13H18N2OS/c1-9(13(16)15-10-7-8-10)14-11-5-3-4-6-12(11)17-2/h3-6,9-10,14H,7-8H2,1-2H3,(H,15,16). The number of nitrogens with one attached hydrogen (secondary N) is 2. The highest BCUT2D eigenvalue weighted by Gasteiger charge is 2.25. The molecular formula is C13H18N2OS. The van der Waals surface area contributed by atoms with E-state index in [9.17, 15) is 4.79 Å². The Bertz CT molecular complexity index is 404. The lowest BCUT2D eigenvalue weighted by Gasteiger charge is -2.17. The molecule has 0 aliphatic heterocycles. The van der Waals surface area contributed by atoms with Crippen LogP contribution >= 0.6 is 11.8 Å². The number of carbonyl (C=O) groups is 1. The van der Waals surface area contributed by atoms with Gasteiger partial charge in [-0.15, -0.1) is 11.8 Å². The monoisotopic (exact) mass is 250 g/mol. The van der Waals surface area contributed by atoms with Gasteiger partial charge >= 0.3 is 0 Å². The Morgan fingerprint density at radius 1 is 1.41 bits per heavy atom. The molecule has 0 spiro atoms. The van der Waals surface area contributed by atoms with Crippen LogP contribution in [0.5, 0.6) is 0 Å². The molecule has 0 bridgehead atoms. The van der Waals surface area contributed by atoms with Gasteiger partial charge in [-0.2, -0.15) is 0 Å². The number of hydrogen-bond acceptors (Lipinski definition) is 3. The summed E-state index contributed by atoms with van der Waals surface area (Å²) in [5.41, 5.74) is 1.03. The molecule has 0 aromatic heterocycles. The van der Waals surface area contributed by atoms with Crippen LogP contribution in [0, 0.1) is 0 Å². The number of anilines is 1. The van der Waals surface area contributed by atoms with Gasteiger partial charge in [0.1, 0.15) is 6.04 Å². The van der Waals surface area contributed by atoms with Gasteiger partial charge < -0.3 is 10.6 Å². The van der Waals surface area contributed by atoms with E-state index < -0.39 is 0 Å². The van der Waals surface area contributed by atoms with Crippen LogP contribution in [0.4, 0.5) is 5.69 Å². The predicted octanol–water partition coefficient (Wildman–Crippen LogP) is 2.49. The Morgan fingerprint density at radius 2 is 2.12 bits per heavy atom. The summed E-state index contributed by atoms with van der Waals surface area (Å²) in [6.07, 6.45) is 4.29.